The maximum absolute atomic E-state index is 12.0. The van der Waals surface area contributed by atoms with E-state index in [-0.39, 0.29) is 23.9 Å². The van der Waals surface area contributed by atoms with E-state index < -0.39 is 0 Å². The van der Waals surface area contributed by atoms with Gasteiger partial charge in [-0.1, -0.05) is 20.3 Å². The first kappa shape index (κ1) is 17.7. The second-order valence-corrected chi connectivity index (χ2v) is 6.37. The molecule has 0 unspecified atom stereocenters. The van der Waals surface area contributed by atoms with Gasteiger partial charge < -0.3 is 5.32 Å². The Kier molecular flexibility index (Phi) is 7.88. The fraction of sp³-hybridized carbons (Fsp3) is 0.929. The molecule has 1 heterocycles. The minimum Gasteiger partial charge on any atom is -0.350 e. The molecule has 1 N–H and O–H groups in total. The van der Waals surface area contributed by atoms with Gasteiger partial charge in [0.25, 0.3) is 0 Å². The zero-order valence-corrected chi connectivity index (χ0v) is 13.1. The van der Waals surface area contributed by atoms with E-state index in [1.165, 1.54) is 19.3 Å². The average Bonchev–Trinajstić information content (AvgIpc) is 2.15. The Morgan fingerprint density at radius 2 is 1.78 bits per heavy atom. The summed E-state index contributed by atoms with van der Waals surface area (Å²) in [6.45, 7) is 11.3. The summed E-state index contributed by atoms with van der Waals surface area (Å²) in [5.41, 5.74) is -0.0823. The second-order valence-electron chi connectivity index (χ2n) is 6.37. The normalized spacial score (nSPS) is 17.4. The first-order chi connectivity index (χ1) is 7.89. The highest BCUT2D eigenvalue weighted by Gasteiger charge is 2.23. The van der Waals surface area contributed by atoms with Crippen molar-refractivity contribution in [2.24, 2.45) is 5.92 Å². The van der Waals surface area contributed by atoms with Crippen LogP contribution in [0.25, 0.3) is 0 Å². The van der Waals surface area contributed by atoms with Crippen LogP contribution in [-0.2, 0) is 4.79 Å². The number of hydrogen-bond donors (Lipinski definition) is 1. The van der Waals surface area contributed by atoms with Crippen LogP contribution in [-0.4, -0.2) is 36.0 Å². The van der Waals surface area contributed by atoms with Crippen LogP contribution >= 0.6 is 12.4 Å². The maximum Gasteiger partial charge on any atom is 0.234 e. The lowest BCUT2D eigenvalue weighted by molar-refractivity contribution is -0.124. The number of piperidine rings is 1. The molecule has 0 aromatic carbocycles. The molecule has 1 rings (SSSR count). The third kappa shape index (κ3) is 7.22. The fourth-order valence-electron chi connectivity index (χ4n) is 2.81. The summed E-state index contributed by atoms with van der Waals surface area (Å²) in [5.74, 6) is 0.790. The lowest BCUT2D eigenvalue weighted by Crippen LogP contribution is -2.49. The van der Waals surface area contributed by atoms with Crippen molar-refractivity contribution in [2.45, 2.75) is 58.9 Å². The predicted octanol–water partition coefficient (Wildman–Crippen LogP) is 2.84. The van der Waals surface area contributed by atoms with Crippen molar-refractivity contribution >= 4 is 18.3 Å². The highest BCUT2D eigenvalue weighted by Crippen LogP contribution is 2.15. The van der Waals surface area contributed by atoms with Crippen LogP contribution in [0.4, 0.5) is 0 Å². The van der Waals surface area contributed by atoms with Crippen molar-refractivity contribution in [2.75, 3.05) is 19.6 Å². The smallest absolute Gasteiger partial charge is 0.234 e. The number of amides is 1. The van der Waals surface area contributed by atoms with E-state index >= 15 is 0 Å². The van der Waals surface area contributed by atoms with Gasteiger partial charge in [0, 0.05) is 5.54 Å². The molecule has 18 heavy (non-hydrogen) atoms. The number of carbonyl (C=O) groups is 1. The topological polar surface area (TPSA) is 32.3 Å². The number of rotatable bonds is 5. The highest BCUT2D eigenvalue weighted by molar-refractivity contribution is 5.85. The van der Waals surface area contributed by atoms with Gasteiger partial charge in [0.1, 0.15) is 0 Å². The molecule has 0 spiro atoms. The summed E-state index contributed by atoms with van der Waals surface area (Å²) in [7, 11) is 0. The molecule has 1 aliphatic heterocycles. The van der Waals surface area contributed by atoms with E-state index in [0.29, 0.717) is 12.5 Å². The number of carbonyl (C=O) groups excluding carboxylic acids is 1. The summed E-state index contributed by atoms with van der Waals surface area (Å²) in [4.78, 5) is 14.2. The van der Waals surface area contributed by atoms with Crippen molar-refractivity contribution in [3.8, 4) is 0 Å². The monoisotopic (exact) mass is 276 g/mol. The molecule has 108 valence electrons. The standard InChI is InChI=1S/C14H28N2O.ClH/c1-12(2)10-14(3,4)15-13(17)11-16-8-6-5-7-9-16;/h12H,5-11H2,1-4H3,(H,15,17);1H. The number of nitrogens with one attached hydrogen (secondary N) is 1. The van der Waals surface area contributed by atoms with Gasteiger partial charge in [0.05, 0.1) is 6.54 Å². The summed E-state index contributed by atoms with van der Waals surface area (Å²) in [6.07, 6.45) is 4.82. The van der Waals surface area contributed by atoms with Crippen molar-refractivity contribution in [3.63, 3.8) is 0 Å². The highest BCUT2D eigenvalue weighted by atomic mass is 35.5. The molecule has 0 bridgehead atoms. The largest absolute Gasteiger partial charge is 0.350 e. The summed E-state index contributed by atoms with van der Waals surface area (Å²) in [6, 6.07) is 0. The van der Waals surface area contributed by atoms with E-state index in [1.807, 2.05) is 0 Å². The third-order valence-corrected chi connectivity index (χ3v) is 3.21. The molecule has 1 fully saturated rings. The van der Waals surface area contributed by atoms with Crippen LogP contribution in [0.1, 0.15) is 53.4 Å². The van der Waals surface area contributed by atoms with Gasteiger partial charge in [0.15, 0.2) is 0 Å². The van der Waals surface area contributed by atoms with Gasteiger partial charge in [0.2, 0.25) is 5.91 Å². The van der Waals surface area contributed by atoms with Gasteiger partial charge in [-0.15, -0.1) is 12.4 Å². The summed E-state index contributed by atoms with van der Waals surface area (Å²) in [5, 5.41) is 3.15. The molecule has 0 saturated carbocycles. The Labute approximate surface area is 118 Å². The van der Waals surface area contributed by atoms with E-state index in [0.717, 1.165) is 19.5 Å². The number of nitrogens with zero attached hydrogens (tertiary/aromatic N) is 1. The molecule has 0 aromatic heterocycles. The van der Waals surface area contributed by atoms with Crippen LogP contribution in [0.2, 0.25) is 0 Å². The molecule has 1 aliphatic rings. The zero-order valence-electron chi connectivity index (χ0n) is 12.3. The SMILES string of the molecule is CC(C)CC(C)(C)NC(=O)CN1CCCCC1.Cl. The second kappa shape index (κ2) is 8.00. The Balaban J connectivity index is 0.00000289. The third-order valence-electron chi connectivity index (χ3n) is 3.21. The first-order valence-electron chi connectivity index (χ1n) is 6.92. The molecule has 0 radical (unpaired) electrons. The molecule has 4 heteroatoms. The lowest BCUT2D eigenvalue weighted by Gasteiger charge is -2.31. The van der Waals surface area contributed by atoms with Crippen molar-refractivity contribution in [3.05, 3.63) is 0 Å². The lowest BCUT2D eigenvalue weighted by atomic mass is 9.93. The molecule has 0 atom stereocenters. The van der Waals surface area contributed by atoms with E-state index in [4.69, 9.17) is 0 Å². The maximum atomic E-state index is 12.0. The minimum atomic E-state index is -0.0823. The zero-order chi connectivity index (χ0) is 12.9. The Morgan fingerprint density at radius 1 is 1.22 bits per heavy atom. The van der Waals surface area contributed by atoms with Crippen molar-refractivity contribution in [1.82, 2.24) is 10.2 Å². The van der Waals surface area contributed by atoms with Crippen LogP contribution < -0.4 is 5.32 Å². The molecule has 1 amide bonds. The van der Waals surface area contributed by atoms with Gasteiger partial charge in [-0.25, -0.2) is 0 Å². The van der Waals surface area contributed by atoms with Gasteiger partial charge in [-0.05, 0) is 52.1 Å². The molecule has 1 saturated heterocycles. The molecule has 0 aliphatic carbocycles. The van der Waals surface area contributed by atoms with Gasteiger partial charge >= 0.3 is 0 Å². The molecule has 3 nitrogen and oxygen atoms in total. The Bertz CT molecular complexity index is 248. The quantitative estimate of drug-likeness (QED) is 0.837. The van der Waals surface area contributed by atoms with Crippen LogP contribution in [0.5, 0.6) is 0 Å². The minimum absolute atomic E-state index is 0. The predicted molar refractivity (Wildman–Crippen MR) is 79.2 cm³/mol. The van der Waals surface area contributed by atoms with Crippen LogP contribution in [0.3, 0.4) is 0 Å². The van der Waals surface area contributed by atoms with Gasteiger partial charge in [-0.2, -0.15) is 0 Å². The summed E-state index contributed by atoms with van der Waals surface area (Å²) < 4.78 is 0. The molecular weight excluding hydrogens is 248 g/mol. The van der Waals surface area contributed by atoms with Crippen LogP contribution in [0, 0.1) is 5.92 Å². The fourth-order valence-corrected chi connectivity index (χ4v) is 2.81. The first-order valence-corrected chi connectivity index (χ1v) is 6.92. The van der Waals surface area contributed by atoms with Crippen LogP contribution in [0.15, 0.2) is 0 Å². The molecule has 0 aromatic rings. The van der Waals surface area contributed by atoms with E-state index in [9.17, 15) is 4.79 Å². The number of halogens is 1. The van der Waals surface area contributed by atoms with Gasteiger partial charge in [-0.3, -0.25) is 9.69 Å². The average molecular weight is 277 g/mol. The van der Waals surface area contributed by atoms with E-state index in [2.05, 4.69) is 37.9 Å². The van der Waals surface area contributed by atoms with Crippen molar-refractivity contribution in [1.29, 1.82) is 0 Å². The van der Waals surface area contributed by atoms with E-state index in [1.54, 1.807) is 0 Å². The van der Waals surface area contributed by atoms with Crippen molar-refractivity contribution < 1.29 is 4.79 Å². The Hall–Kier alpha value is -0.280. The Morgan fingerprint density at radius 3 is 2.28 bits per heavy atom. The summed E-state index contributed by atoms with van der Waals surface area (Å²) >= 11 is 0. The number of likely N-dealkylation sites (tertiary alicyclic amines) is 1. The number of hydrogen-bond acceptors (Lipinski definition) is 2. The molecular formula is C14H29ClN2O.